The summed E-state index contributed by atoms with van der Waals surface area (Å²) in [7, 11) is 0. The van der Waals surface area contributed by atoms with Crippen LogP contribution in [0.3, 0.4) is 0 Å². The van der Waals surface area contributed by atoms with E-state index >= 15 is 0 Å². The van der Waals surface area contributed by atoms with E-state index in [-0.39, 0.29) is 5.75 Å². The lowest BCUT2D eigenvalue weighted by atomic mass is 10.1. The Morgan fingerprint density at radius 3 is 2.50 bits per heavy atom. The fraction of sp³-hybridized carbons (Fsp3) is 0.167. The molecule has 0 N–H and O–H groups in total. The van der Waals surface area contributed by atoms with Crippen LogP contribution in [-0.2, 0) is 0 Å². The topological polar surface area (TPSA) is 9.23 Å². The number of hydrogen-bond acceptors (Lipinski definition) is 2. The number of para-hydroxylation sites is 1. The molecule has 2 aromatic rings. The fourth-order valence-electron chi connectivity index (χ4n) is 1.51. The van der Waals surface area contributed by atoms with Crippen LogP contribution in [0.1, 0.15) is 15.8 Å². The number of thiophene rings is 1. The van der Waals surface area contributed by atoms with Gasteiger partial charge in [0.2, 0.25) is 0 Å². The van der Waals surface area contributed by atoms with E-state index in [4.69, 9.17) is 11.6 Å². The normalized spacial score (nSPS) is 12.7. The second-order valence-corrected chi connectivity index (χ2v) is 6.35. The van der Waals surface area contributed by atoms with Crippen LogP contribution in [0.4, 0.5) is 8.78 Å². The molecule has 1 heterocycles. The quantitative estimate of drug-likeness (QED) is 0.665. The number of alkyl halides is 3. The largest absolute Gasteiger partial charge is 0.434 e. The summed E-state index contributed by atoms with van der Waals surface area (Å²) in [6, 6.07) is 10.3. The molecule has 6 heteroatoms. The summed E-state index contributed by atoms with van der Waals surface area (Å²) in [5.74, 6) is 0.108. The molecule has 2 rings (SSSR count). The first-order chi connectivity index (χ1) is 8.58. The van der Waals surface area contributed by atoms with Gasteiger partial charge in [0.25, 0.3) is 0 Å². The number of halogens is 4. The predicted molar refractivity (Wildman–Crippen MR) is 72.8 cm³/mol. The lowest BCUT2D eigenvalue weighted by molar-refractivity contribution is -0.0504. The van der Waals surface area contributed by atoms with Crippen molar-refractivity contribution < 1.29 is 13.5 Å². The summed E-state index contributed by atoms with van der Waals surface area (Å²) in [5.41, 5.74) is 0.536. The van der Waals surface area contributed by atoms with E-state index in [1.165, 1.54) is 17.4 Å². The maximum absolute atomic E-state index is 12.3. The number of hydrogen-bond donors (Lipinski definition) is 0. The molecule has 0 aliphatic rings. The molecule has 1 aromatic heterocycles. The van der Waals surface area contributed by atoms with Gasteiger partial charge in [-0.3, -0.25) is 0 Å². The highest BCUT2D eigenvalue weighted by atomic mass is 79.9. The number of benzene rings is 1. The van der Waals surface area contributed by atoms with E-state index in [1.807, 2.05) is 12.1 Å². The van der Waals surface area contributed by atoms with Gasteiger partial charge in [-0.05, 0) is 34.1 Å². The zero-order valence-corrected chi connectivity index (χ0v) is 12.1. The molecule has 1 atom stereocenters. The maximum atomic E-state index is 12.3. The summed E-state index contributed by atoms with van der Waals surface area (Å²) in [4.78, 5) is 0.869. The third kappa shape index (κ3) is 3.22. The summed E-state index contributed by atoms with van der Waals surface area (Å²) in [6.45, 7) is -2.86. The molecule has 0 amide bonds. The molecule has 1 unspecified atom stereocenters. The zero-order chi connectivity index (χ0) is 13.1. The van der Waals surface area contributed by atoms with Gasteiger partial charge in [-0.2, -0.15) is 8.78 Å². The summed E-state index contributed by atoms with van der Waals surface area (Å²) in [6.07, 6.45) is 0. The molecule has 0 radical (unpaired) electrons. The fourth-order valence-corrected chi connectivity index (χ4v) is 3.32. The Morgan fingerprint density at radius 2 is 1.89 bits per heavy atom. The smallest absolute Gasteiger partial charge is 0.387 e. The second-order valence-electron chi connectivity index (χ2n) is 3.42. The highest BCUT2D eigenvalue weighted by Crippen LogP contribution is 2.39. The third-order valence-corrected chi connectivity index (χ3v) is 4.54. The molecular formula is C12H8BrClF2OS. The van der Waals surface area contributed by atoms with E-state index < -0.39 is 12.0 Å². The molecule has 0 saturated carbocycles. The van der Waals surface area contributed by atoms with Gasteiger partial charge in [0, 0.05) is 10.4 Å². The standard InChI is InChI=1S/C12H8BrClF2OS/c13-10-6-5-9(18-10)11(14)7-3-1-2-4-8(7)17-12(15)16/h1-6,11-12H. The Kier molecular flexibility index (Phi) is 4.59. The van der Waals surface area contributed by atoms with Crippen molar-refractivity contribution in [3.05, 3.63) is 50.6 Å². The van der Waals surface area contributed by atoms with Gasteiger partial charge in [0.05, 0.1) is 9.16 Å². The van der Waals surface area contributed by atoms with Crippen LogP contribution in [0.2, 0.25) is 0 Å². The van der Waals surface area contributed by atoms with Gasteiger partial charge in [-0.15, -0.1) is 22.9 Å². The highest BCUT2D eigenvalue weighted by molar-refractivity contribution is 9.11. The van der Waals surface area contributed by atoms with Gasteiger partial charge in [0.15, 0.2) is 0 Å². The van der Waals surface area contributed by atoms with Crippen molar-refractivity contribution in [2.24, 2.45) is 0 Å². The highest BCUT2D eigenvalue weighted by Gasteiger charge is 2.19. The summed E-state index contributed by atoms with van der Waals surface area (Å²) in [5, 5.41) is -0.503. The average molecular weight is 354 g/mol. The van der Waals surface area contributed by atoms with Gasteiger partial charge in [-0.25, -0.2) is 0 Å². The minimum absolute atomic E-state index is 0.108. The van der Waals surface area contributed by atoms with E-state index in [9.17, 15) is 8.78 Å². The number of rotatable bonds is 4. The first-order valence-corrected chi connectivity index (χ1v) is 7.05. The molecule has 0 saturated heterocycles. The average Bonchev–Trinajstić information content (AvgIpc) is 2.75. The van der Waals surface area contributed by atoms with E-state index in [0.29, 0.717) is 5.56 Å². The van der Waals surface area contributed by atoms with Crippen molar-refractivity contribution in [2.75, 3.05) is 0 Å². The molecule has 0 spiro atoms. The SMILES string of the molecule is FC(F)Oc1ccccc1C(Cl)c1ccc(Br)s1. The van der Waals surface area contributed by atoms with Crippen molar-refractivity contribution in [2.45, 2.75) is 12.0 Å². The monoisotopic (exact) mass is 352 g/mol. The first-order valence-electron chi connectivity index (χ1n) is 5.01. The molecule has 0 bridgehead atoms. The molecule has 18 heavy (non-hydrogen) atoms. The molecule has 1 aromatic carbocycles. The van der Waals surface area contributed by atoms with Crippen LogP contribution in [-0.4, -0.2) is 6.61 Å². The van der Waals surface area contributed by atoms with Crippen LogP contribution >= 0.6 is 38.9 Å². The van der Waals surface area contributed by atoms with Crippen LogP contribution < -0.4 is 4.74 Å². The lowest BCUT2D eigenvalue weighted by Gasteiger charge is -2.13. The predicted octanol–water partition coefficient (Wildman–Crippen LogP) is 5.44. The van der Waals surface area contributed by atoms with E-state index in [1.54, 1.807) is 18.2 Å². The molecular weight excluding hydrogens is 346 g/mol. The Hall–Kier alpha value is -0.650. The maximum Gasteiger partial charge on any atom is 0.387 e. The third-order valence-electron chi connectivity index (χ3n) is 2.25. The van der Waals surface area contributed by atoms with Crippen LogP contribution in [0.5, 0.6) is 5.75 Å². The van der Waals surface area contributed by atoms with Crippen LogP contribution in [0.15, 0.2) is 40.2 Å². The summed E-state index contributed by atoms with van der Waals surface area (Å²) < 4.78 is 30.0. The first kappa shape index (κ1) is 13.8. The Labute approximate surface area is 120 Å². The van der Waals surface area contributed by atoms with E-state index in [2.05, 4.69) is 20.7 Å². The molecule has 0 aliphatic carbocycles. The molecule has 1 nitrogen and oxygen atoms in total. The molecule has 0 fully saturated rings. The second kappa shape index (κ2) is 5.99. The zero-order valence-electron chi connectivity index (χ0n) is 8.95. The van der Waals surface area contributed by atoms with Crippen LogP contribution in [0.25, 0.3) is 0 Å². The van der Waals surface area contributed by atoms with Crippen molar-refractivity contribution in [1.82, 2.24) is 0 Å². The van der Waals surface area contributed by atoms with Gasteiger partial charge < -0.3 is 4.74 Å². The van der Waals surface area contributed by atoms with Crippen molar-refractivity contribution in [1.29, 1.82) is 0 Å². The van der Waals surface area contributed by atoms with E-state index in [0.717, 1.165) is 8.66 Å². The minimum Gasteiger partial charge on any atom is -0.434 e. The van der Waals surface area contributed by atoms with Crippen LogP contribution in [0, 0.1) is 0 Å². The van der Waals surface area contributed by atoms with Gasteiger partial charge in [-0.1, -0.05) is 18.2 Å². The number of ether oxygens (including phenoxy) is 1. The van der Waals surface area contributed by atoms with Crippen molar-refractivity contribution >= 4 is 38.9 Å². The Balaban J connectivity index is 2.32. The Morgan fingerprint density at radius 1 is 1.17 bits per heavy atom. The summed E-state index contributed by atoms with van der Waals surface area (Å²) >= 11 is 11.1. The van der Waals surface area contributed by atoms with Gasteiger partial charge >= 0.3 is 6.61 Å². The Bertz CT molecular complexity index is 532. The van der Waals surface area contributed by atoms with Crippen molar-refractivity contribution in [3.8, 4) is 5.75 Å². The van der Waals surface area contributed by atoms with Crippen molar-refractivity contribution in [3.63, 3.8) is 0 Å². The minimum atomic E-state index is -2.86. The lowest BCUT2D eigenvalue weighted by Crippen LogP contribution is -2.05. The molecule has 96 valence electrons. The van der Waals surface area contributed by atoms with Gasteiger partial charge in [0.1, 0.15) is 5.75 Å². The molecule has 0 aliphatic heterocycles.